The summed E-state index contributed by atoms with van der Waals surface area (Å²) in [5.74, 6) is 2.22. The van der Waals surface area contributed by atoms with E-state index in [2.05, 4.69) is 21.7 Å². The number of rotatable bonds is 9. The summed E-state index contributed by atoms with van der Waals surface area (Å²) < 4.78 is 7.35. The van der Waals surface area contributed by atoms with Gasteiger partial charge in [0, 0.05) is 25.2 Å². The molecule has 1 aromatic heterocycles. The zero-order valence-electron chi connectivity index (χ0n) is 15.6. The van der Waals surface area contributed by atoms with Crippen molar-refractivity contribution in [1.82, 2.24) is 19.7 Å². The Labute approximate surface area is 158 Å². The second-order valence-electron chi connectivity index (χ2n) is 6.56. The van der Waals surface area contributed by atoms with Gasteiger partial charge in [-0.2, -0.15) is 0 Å². The summed E-state index contributed by atoms with van der Waals surface area (Å²) in [5, 5.41) is 9.55. The van der Waals surface area contributed by atoms with Gasteiger partial charge in [0.2, 0.25) is 5.91 Å². The average Bonchev–Trinajstić information content (AvgIpc) is 3.44. The maximum absolute atomic E-state index is 12.3. The first kappa shape index (κ1) is 18.8. The van der Waals surface area contributed by atoms with E-state index in [-0.39, 0.29) is 5.91 Å². The van der Waals surface area contributed by atoms with Crippen LogP contribution >= 0.6 is 11.8 Å². The number of unbranched alkanes of at least 4 members (excludes halogenated alkanes) is 1. The molecule has 1 aromatic carbocycles. The SMILES string of the molecule is CCCCn1c(SCC(=O)N(C)C2CC2)nnc1-c1ccc(OC)cc1. The molecule has 2 aromatic rings. The number of carbonyl (C=O) groups is 1. The molecule has 1 fully saturated rings. The van der Waals surface area contributed by atoms with Gasteiger partial charge < -0.3 is 14.2 Å². The van der Waals surface area contributed by atoms with Crippen molar-refractivity contribution in [2.24, 2.45) is 0 Å². The molecule has 0 N–H and O–H groups in total. The lowest BCUT2D eigenvalue weighted by Gasteiger charge is -2.16. The van der Waals surface area contributed by atoms with Crippen molar-refractivity contribution in [2.45, 2.75) is 50.4 Å². The van der Waals surface area contributed by atoms with Crippen LogP contribution in [0.25, 0.3) is 11.4 Å². The minimum absolute atomic E-state index is 0.161. The Hall–Kier alpha value is -2.02. The Morgan fingerprint density at radius 3 is 2.65 bits per heavy atom. The number of benzene rings is 1. The Balaban J connectivity index is 1.76. The van der Waals surface area contributed by atoms with E-state index in [1.165, 1.54) is 11.8 Å². The molecular formula is C19H26N4O2S. The lowest BCUT2D eigenvalue weighted by molar-refractivity contribution is -0.127. The van der Waals surface area contributed by atoms with Crippen LogP contribution in [0.3, 0.4) is 0 Å². The van der Waals surface area contributed by atoms with Crippen molar-refractivity contribution < 1.29 is 9.53 Å². The predicted octanol–water partition coefficient (Wildman–Crippen LogP) is 3.47. The highest BCUT2D eigenvalue weighted by atomic mass is 32.2. The molecule has 0 unspecified atom stereocenters. The van der Waals surface area contributed by atoms with Gasteiger partial charge >= 0.3 is 0 Å². The van der Waals surface area contributed by atoms with Crippen LogP contribution < -0.4 is 4.74 Å². The van der Waals surface area contributed by atoms with Gasteiger partial charge in [-0.05, 0) is 43.5 Å². The van der Waals surface area contributed by atoms with Gasteiger partial charge in [0.05, 0.1) is 12.9 Å². The molecule has 7 heteroatoms. The lowest BCUT2D eigenvalue weighted by Crippen LogP contribution is -2.30. The molecule has 0 atom stereocenters. The molecule has 1 heterocycles. The number of thioether (sulfide) groups is 1. The van der Waals surface area contributed by atoms with E-state index in [0.717, 1.165) is 54.5 Å². The van der Waals surface area contributed by atoms with Gasteiger partial charge in [0.25, 0.3) is 0 Å². The number of methoxy groups -OCH3 is 1. The minimum atomic E-state index is 0.161. The highest BCUT2D eigenvalue weighted by Gasteiger charge is 2.29. The summed E-state index contributed by atoms with van der Waals surface area (Å²) in [6.45, 7) is 3.01. The number of nitrogens with zero attached hydrogens (tertiary/aromatic N) is 4. The van der Waals surface area contributed by atoms with E-state index >= 15 is 0 Å². The smallest absolute Gasteiger partial charge is 0.233 e. The van der Waals surface area contributed by atoms with Crippen molar-refractivity contribution in [2.75, 3.05) is 19.9 Å². The predicted molar refractivity (Wildman–Crippen MR) is 103 cm³/mol. The first-order chi connectivity index (χ1) is 12.6. The summed E-state index contributed by atoms with van der Waals surface area (Å²) >= 11 is 1.48. The van der Waals surface area contributed by atoms with Crippen LogP contribution in [0.2, 0.25) is 0 Å². The molecule has 0 radical (unpaired) electrons. The molecule has 26 heavy (non-hydrogen) atoms. The lowest BCUT2D eigenvalue weighted by atomic mass is 10.2. The summed E-state index contributed by atoms with van der Waals surface area (Å²) in [6, 6.07) is 8.28. The van der Waals surface area contributed by atoms with Crippen molar-refractivity contribution >= 4 is 17.7 Å². The Kier molecular flexibility index (Phi) is 6.19. The summed E-state index contributed by atoms with van der Waals surface area (Å²) in [6.07, 6.45) is 4.39. The fourth-order valence-electron chi connectivity index (χ4n) is 2.76. The Morgan fingerprint density at radius 1 is 1.31 bits per heavy atom. The van der Waals surface area contributed by atoms with Gasteiger partial charge in [-0.3, -0.25) is 4.79 Å². The number of aromatic nitrogens is 3. The largest absolute Gasteiger partial charge is 0.497 e. The number of carbonyl (C=O) groups excluding carboxylic acids is 1. The molecule has 3 rings (SSSR count). The van der Waals surface area contributed by atoms with Crippen LogP contribution in [0.15, 0.2) is 29.4 Å². The standard InChI is InChI=1S/C19H26N4O2S/c1-4-5-12-23-18(14-6-10-16(25-3)11-7-14)20-21-19(23)26-13-17(24)22(2)15-8-9-15/h6-7,10-11,15H,4-5,8-9,12-13H2,1-3H3. The van der Waals surface area contributed by atoms with Crippen LogP contribution in [0, 0.1) is 0 Å². The van der Waals surface area contributed by atoms with Crippen molar-refractivity contribution in [3.63, 3.8) is 0 Å². The fraction of sp³-hybridized carbons (Fsp3) is 0.526. The van der Waals surface area contributed by atoms with Gasteiger partial charge in [0.1, 0.15) is 5.75 Å². The van der Waals surface area contributed by atoms with Crippen LogP contribution in [0.5, 0.6) is 5.75 Å². The van der Waals surface area contributed by atoms with Crippen LogP contribution in [0.4, 0.5) is 0 Å². The third kappa shape index (κ3) is 4.38. The normalized spacial score (nSPS) is 13.7. The number of hydrogen-bond donors (Lipinski definition) is 0. The molecular weight excluding hydrogens is 348 g/mol. The van der Waals surface area contributed by atoms with E-state index in [1.54, 1.807) is 7.11 Å². The molecule has 0 saturated heterocycles. The van der Waals surface area contributed by atoms with Crippen LogP contribution in [-0.2, 0) is 11.3 Å². The highest BCUT2D eigenvalue weighted by Crippen LogP contribution is 2.28. The summed E-state index contributed by atoms with van der Waals surface area (Å²) in [5.41, 5.74) is 1.00. The first-order valence-electron chi connectivity index (χ1n) is 9.10. The maximum atomic E-state index is 12.3. The molecule has 6 nitrogen and oxygen atoms in total. The van der Waals surface area contributed by atoms with Crippen LogP contribution in [-0.4, -0.2) is 51.5 Å². The molecule has 1 aliphatic carbocycles. The van der Waals surface area contributed by atoms with Gasteiger partial charge in [-0.25, -0.2) is 0 Å². The van der Waals surface area contributed by atoms with E-state index in [1.807, 2.05) is 36.2 Å². The molecule has 0 spiro atoms. The average molecular weight is 375 g/mol. The van der Waals surface area contributed by atoms with E-state index < -0.39 is 0 Å². The number of ether oxygens (including phenoxy) is 1. The molecule has 0 aliphatic heterocycles. The number of hydrogen-bond acceptors (Lipinski definition) is 5. The third-order valence-electron chi connectivity index (χ3n) is 4.61. The molecule has 140 valence electrons. The maximum Gasteiger partial charge on any atom is 0.233 e. The quantitative estimate of drug-likeness (QED) is 0.629. The van der Waals surface area contributed by atoms with Gasteiger partial charge in [-0.1, -0.05) is 25.1 Å². The topological polar surface area (TPSA) is 60.2 Å². The van der Waals surface area contributed by atoms with E-state index in [9.17, 15) is 4.79 Å². The second kappa shape index (κ2) is 8.58. The zero-order valence-corrected chi connectivity index (χ0v) is 16.5. The Morgan fingerprint density at radius 2 is 2.04 bits per heavy atom. The van der Waals surface area contributed by atoms with Gasteiger partial charge in [0.15, 0.2) is 11.0 Å². The highest BCUT2D eigenvalue weighted by molar-refractivity contribution is 7.99. The van der Waals surface area contributed by atoms with E-state index in [0.29, 0.717) is 11.8 Å². The van der Waals surface area contributed by atoms with Crippen LogP contribution in [0.1, 0.15) is 32.6 Å². The second-order valence-corrected chi connectivity index (χ2v) is 7.51. The molecule has 1 amide bonds. The number of amides is 1. The van der Waals surface area contributed by atoms with Crippen molar-refractivity contribution in [1.29, 1.82) is 0 Å². The first-order valence-corrected chi connectivity index (χ1v) is 10.1. The monoisotopic (exact) mass is 374 g/mol. The summed E-state index contributed by atoms with van der Waals surface area (Å²) in [4.78, 5) is 14.2. The van der Waals surface area contributed by atoms with Gasteiger partial charge in [-0.15, -0.1) is 10.2 Å². The molecule has 1 saturated carbocycles. The fourth-order valence-corrected chi connectivity index (χ4v) is 3.65. The minimum Gasteiger partial charge on any atom is -0.497 e. The summed E-state index contributed by atoms with van der Waals surface area (Å²) in [7, 11) is 3.55. The molecule has 0 bridgehead atoms. The third-order valence-corrected chi connectivity index (χ3v) is 5.56. The van der Waals surface area contributed by atoms with Crippen molar-refractivity contribution in [3.8, 4) is 17.1 Å². The van der Waals surface area contributed by atoms with E-state index in [4.69, 9.17) is 4.74 Å². The zero-order chi connectivity index (χ0) is 18.5. The van der Waals surface area contributed by atoms with Crippen molar-refractivity contribution in [3.05, 3.63) is 24.3 Å². The molecule has 1 aliphatic rings. The Bertz CT molecular complexity index is 740.